The number of hydrogen-bond acceptors (Lipinski definition) is 4. The fourth-order valence-corrected chi connectivity index (χ4v) is 3.40. The van der Waals surface area contributed by atoms with Gasteiger partial charge in [0, 0.05) is 5.69 Å². The molecule has 168 valence electrons. The number of nitrogens with zero attached hydrogens (tertiary/aromatic N) is 1. The molecule has 5 nitrogen and oxygen atoms in total. The van der Waals surface area contributed by atoms with Crippen LogP contribution in [0.5, 0.6) is 11.5 Å². The summed E-state index contributed by atoms with van der Waals surface area (Å²) < 4.78 is 11.3. The third kappa shape index (κ3) is 6.07. The first-order valence-electron chi connectivity index (χ1n) is 10.1. The molecule has 0 aliphatic rings. The molecule has 0 aliphatic carbocycles. The zero-order valence-electron chi connectivity index (χ0n) is 18.4. The summed E-state index contributed by atoms with van der Waals surface area (Å²) in [6.45, 7) is 4.15. The first-order chi connectivity index (χ1) is 15.8. The van der Waals surface area contributed by atoms with Crippen molar-refractivity contribution < 1.29 is 14.3 Å². The first kappa shape index (κ1) is 24.2. The molecule has 0 heterocycles. The highest BCUT2D eigenvalue weighted by Crippen LogP contribution is 2.30. The van der Waals surface area contributed by atoms with Crippen molar-refractivity contribution >= 4 is 40.9 Å². The van der Waals surface area contributed by atoms with Gasteiger partial charge in [0.15, 0.2) is 11.5 Å². The number of hydrogen-bond donors (Lipinski definition) is 1. The van der Waals surface area contributed by atoms with Crippen molar-refractivity contribution in [3.8, 4) is 17.6 Å². The number of rotatable bonds is 7. The minimum atomic E-state index is -0.481. The van der Waals surface area contributed by atoms with Crippen molar-refractivity contribution in [2.45, 2.75) is 20.5 Å². The molecule has 0 aromatic heterocycles. The van der Waals surface area contributed by atoms with Crippen LogP contribution in [0.2, 0.25) is 10.0 Å². The molecule has 33 heavy (non-hydrogen) atoms. The van der Waals surface area contributed by atoms with Crippen LogP contribution >= 0.6 is 23.2 Å². The first-order valence-corrected chi connectivity index (χ1v) is 10.8. The van der Waals surface area contributed by atoms with Crippen LogP contribution in [0.25, 0.3) is 6.08 Å². The van der Waals surface area contributed by atoms with E-state index in [1.54, 1.807) is 36.4 Å². The molecule has 3 aromatic rings. The van der Waals surface area contributed by atoms with Crippen LogP contribution in [0.3, 0.4) is 0 Å². The maximum atomic E-state index is 12.7. The lowest BCUT2D eigenvalue weighted by molar-refractivity contribution is -0.112. The number of amides is 1. The summed E-state index contributed by atoms with van der Waals surface area (Å²) in [5.74, 6) is 0.500. The van der Waals surface area contributed by atoms with E-state index >= 15 is 0 Å². The third-order valence-corrected chi connectivity index (χ3v) is 5.83. The van der Waals surface area contributed by atoms with Crippen molar-refractivity contribution in [3.05, 3.63) is 92.5 Å². The fraction of sp³-hybridized carbons (Fsp3) is 0.154. The Balaban J connectivity index is 1.77. The van der Waals surface area contributed by atoms with Gasteiger partial charge in [-0.25, -0.2) is 0 Å². The van der Waals surface area contributed by atoms with E-state index in [1.807, 2.05) is 38.1 Å². The van der Waals surface area contributed by atoms with Crippen LogP contribution in [0.15, 0.2) is 60.2 Å². The average Bonchev–Trinajstić information content (AvgIpc) is 2.81. The monoisotopic (exact) mass is 480 g/mol. The van der Waals surface area contributed by atoms with Gasteiger partial charge >= 0.3 is 0 Å². The van der Waals surface area contributed by atoms with Gasteiger partial charge in [-0.05, 0) is 72.5 Å². The summed E-state index contributed by atoms with van der Waals surface area (Å²) in [5, 5.41) is 13.3. The fourth-order valence-electron chi connectivity index (χ4n) is 3.08. The van der Waals surface area contributed by atoms with Gasteiger partial charge in [-0.3, -0.25) is 4.79 Å². The van der Waals surface area contributed by atoms with Crippen LogP contribution in [0.1, 0.15) is 22.3 Å². The number of aryl methyl sites for hydroxylation is 1. The maximum absolute atomic E-state index is 12.7. The number of nitriles is 1. The van der Waals surface area contributed by atoms with Gasteiger partial charge in [0.25, 0.3) is 5.91 Å². The number of anilines is 1. The summed E-state index contributed by atoms with van der Waals surface area (Å²) >= 11 is 12.0. The Labute approximate surface area is 203 Å². The van der Waals surface area contributed by atoms with Crippen LogP contribution in [-0.2, 0) is 11.4 Å². The molecule has 0 atom stereocenters. The van der Waals surface area contributed by atoms with Gasteiger partial charge in [-0.1, -0.05) is 47.5 Å². The van der Waals surface area contributed by atoms with Crippen molar-refractivity contribution in [2.75, 3.05) is 12.4 Å². The standard InChI is InChI=1S/C26H22Cl2N2O3/c1-16-5-4-6-23(17(16)2)30-26(31)20(14-29)11-18-8-10-24(25(13-18)32-3)33-15-19-7-9-21(27)22(28)12-19/h4-13H,15H2,1-3H3,(H,30,31)/b20-11+. The molecular formula is C26H22Cl2N2O3. The molecular weight excluding hydrogens is 459 g/mol. The van der Waals surface area contributed by atoms with E-state index < -0.39 is 5.91 Å². The minimum absolute atomic E-state index is 0.0255. The molecule has 0 fully saturated rings. The summed E-state index contributed by atoms with van der Waals surface area (Å²) in [5.41, 5.74) is 4.13. The van der Waals surface area contributed by atoms with Crippen LogP contribution in [0, 0.1) is 25.2 Å². The number of methoxy groups -OCH3 is 1. The number of carbonyl (C=O) groups excluding carboxylic acids is 1. The molecule has 0 saturated carbocycles. The van der Waals surface area contributed by atoms with Gasteiger partial charge < -0.3 is 14.8 Å². The average molecular weight is 481 g/mol. The van der Waals surface area contributed by atoms with Crippen molar-refractivity contribution in [1.82, 2.24) is 0 Å². The van der Waals surface area contributed by atoms with Gasteiger partial charge in [0.1, 0.15) is 18.2 Å². The van der Waals surface area contributed by atoms with Crippen molar-refractivity contribution in [2.24, 2.45) is 0 Å². The molecule has 0 spiro atoms. The molecule has 1 N–H and O–H groups in total. The molecule has 0 saturated heterocycles. The number of nitrogens with one attached hydrogen (secondary N) is 1. The van der Waals surface area contributed by atoms with E-state index in [9.17, 15) is 10.1 Å². The van der Waals surface area contributed by atoms with E-state index in [1.165, 1.54) is 13.2 Å². The number of ether oxygens (including phenoxy) is 2. The summed E-state index contributed by atoms with van der Waals surface area (Å²) in [4.78, 5) is 12.7. The van der Waals surface area contributed by atoms with Crippen molar-refractivity contribution in [3.63, 3.8) is 0 Å². The number of carbonyl (C=O) groups is 1. The van der Waals surface area contributed by atoms with Crippen LogP contribution < -0.4 is 14.8 Å². The van der Waals surface area contributed by atoms with E-state index in [0.29, 0.717) is 32.8 Å². The topological polar surface area (TPSA) is 71.3 Å². The van der Waals surface area contributed by atoms with E-state index in [2.05, 4.69) is 5.32 Å². The second-order valence-corrected chi connectivity index (χ2v) is 8.13. The molecule has 7 heteroatoms. The normalized spacial score (nSPS) is 11.0. The Morgan fingerprint density at radius 2 is 1.85 bits per heavy atom. The van der Waals surface area contributed by atoms with E-state index in [4.69, 9.17) is 32.7 Å². The second kappa shape index (κ2) is 10.9. The third-order valence-electron chi connectivity index (χ3n) is 5.09. The molecule has 1 amide bonds. The Morgan fingerprint density at radius 3 is 2.55 bits per heavy atom. The highest BCUT2D eigenvalue weighted by Gasteiger charge is 2.13. The molecule has 0 radical (unpaired) electrons. The SMILES string of the molecule is COc1cc(/C=C(\C#N)C(=O)Nc2cccc(C)c2C)ccc1OCc1ccc(Cl)c(Cl)c1. The molecule has 0 unspecified atom stereocenters. The number of benzene rings is 3. The van der Waals surface area contributed by atoms with Gasteiger partial charge in [-0.15, -0.1) is 0 Å². The summed E-state index contributed by atoms with van der Waals surface area (Å²) in [7, 11) is 1.52. The summed E-state index contributed by atoms with van der Waals surface area (Å²) in [6, 6.07) is 18.0. The summed E-state index contributed by atoms with van der Waals surface area (Å²) in [6.07, 6.45) is 1.51. The van der Waals surface area contributed by atoms with E-state index in [0.717, 1.165) is 16.7 Å². The molecule has 3 aromatic carbocycles. The Kier molecular flexibility index (Phi) is 8.00. The van der Waals surface area contributed by atoms with Crippen LogP contribution in [0.4, 0.5) is 5.69 Å². The van der Waals surface area contributed by atoms with Gasteiger partial charge in [-0.2, -0.15) is 5.26 Å². The lowest BCUT2D eigenvalue weighted by Crippen LogP contribution is -2.14. The molecule has 0 aliphatic heterocycles. The Hall–Kier alpha value is -3.46. The van der Waals surface area contributed by atoms with Gasteiger partial charge in [0.05, 0.1) is 17.2 Å². The Bertz CT molecular complexity index is 1260. The minimum Gasteiger partial charge on any atom is -0.493 e. The predicted molar refractivity (Wildman–Crippen MR) is 132 cm³/mol. The Morgan fingerprint density at radius 1 is 1.06 bits per heavy atom. The largest absolute Gasteiger partial charge is 0.493 e. The molecule has 0 bridgehead atoms. The quantitative estimate of drug-likeness (QED) is 0.300. The van der Waals surface area contributed by atoms with E-state index in [-0.39, 0.29) is 12.2 Å². The smallest absolute Gasteiger partial charge is 0.266 e. The lowest BCUT2D eigenvalue weighted by atomic mass is 10.1. The van der Waals surface area contributed by atoms with Crippen molar-refractivity contribution in [1.29, 1.82) is 5.26 Å². The molecule has 3 rings (SSSR count). The zero-order chi connectivity index (χ0) is 24.0. The zero-order valence-corrected chi connectivity index (χ0v) is 19.9. The lowest BCUT2D eigenvalue weighted by Gasteiger charge is -2.12. The van der Waals surface area contributed by atoms with Gasteiger partial charge in [0.2, 0.25) is 0 Å². The highest BCUT2D eigenvalue weighted by molar-refractivity contribution is 6.42. The predicted octanol–water partition coefficient (Wildman–Crippen LogP) is 6.74. The second-order valence-electron chi connectivity index (χ2n) is 7.32. The number of halogens is 2. The van der Waals surface area contributed by atoms with Crippen LogP contribution in [-0.4, -0.2) is 13.0 Å². The maximum Gasteiger partial charge on any atom is 0.266 e. The highest BCUT2D eigenvalue weighted by atomic mass is 35.5.